The minimum Gasteiger partial charge on any atom is -0.444 e. The molecule has 0 aromatic rings. The number of rotatable bonds is 6. The van der Waals surface area contributed by atoms with Gasteiger partial charge in [0.2, 0.25) is 0 Å². The summed E-state index contributed by atoms with van der Waals surface area (Å²) in [6.07, 6.45) is 1.91. The molecular weight excluding hydrogens is 321 g/mol. The van der Waals surface area contributed by atoms with Crippen LogP contribution in [0.5, 0.6) is 0 Å². The Morgan fingerprint density at radius 3 is 2.30 bits per heavy atom. The topological polar surface area (TPSA) is 82.1 Å². The minimum atomic E-state index is -3.75. The predicted molar refractivity (Wildman–Crippen MR) is 86.4 cm³/mol. The van der Waals surface area contributed by atoms with Crippen molar-refractivity contribution < 1.29 is 27.9 Å². The third-order valence-corrected chi connectivity index (χ3v) is 5.84. The number of amides is 1. The van der Waals surface area contributed by atoms with Gasteiger partial charge >= 0.3 is 13.7 Å². The molecule has 1 fully saturated rings. The maximum Gasteiger partial charge on any atom is 0.411 e. The number of Topliss-reactive ketones (excluding diaryl/α,β-unsaturated/α-hetero) is 1. The van der Waals surface area contributed by atoms with E-state index in [0.29, 0.717) is 6.42 Å². The summed E-state index contributed by atoms with van der Waals surface area (Å²) in [6, 6.07) is -0.346. The number of unbranched alkanes of at least 4 members (excludes halogenated alkanes) is 1. The van der Waals surface area contributed by atoms with Crippen LogP contribution in [0.15, 0.2) is 0 Å². The van der Waals surface area contributed by atoms with Gasteiger partial charge in [-0.15, -0.1) is 0 Å². The van der Waals surface area contributed by atoms with E-state index >= 15 is 0 Å². The van der Waals surface area contributed by atoms with Crippen molar-refractivity contribution in [1.82, 2.24) is 4.90 Å². The van der Waals surface area contributed by atoms with Gasteiger partial charge < -0.3 is 13.8 Å². The van der Waals surface area contributed by atoms with E-state index in [-0.39, 0.29) is 18.2 Å². The first-order valence-corrected chi connectivity index (χ1v) is 9.46. The van der Waals surface area contributed by atoms with Crippen molar-refractivity contribution in [2.75, 3.05) is 14.2 Å². The molecule has 0 spiro atoms. The molecule has 1 aliphatic rings. The second kappa shape index (κ2) is 7.77. The molecule has 1 amide bonds. The fourth-order valence-corrected chi connectivity index (χ4v) is 4.23. The molecule has 0 aromatic carbocycles. The Morgan fingerprint density at radius 2 is 1.87 bits per heavy atom. The first kappa shape index (κ1) is 20.1. The molecule has 8 heteroatoms. The Hall–Kier alpha value is -0.910. The van der Waals surface area contributed by atoms with Crippen molar-refractivity contribution in [1.29, 1.82) is 0 Å². The van der Waals surface area contributed by atoms with Gasteiger partial charge in [-0.05, 0) is 27.2 Å². The van der Waals surface area contributed by atoms with E-state index < -0.39 is 25.1 Å². The average Bonchev–Trinajstić information content (AvgIpc) is 2.79. The lowest BCUT2D eigenvalue weighted by Gasteiger charge is -2.33. The molecule has 7 nitrogen and oxygen atoms in total. The third kappa shape index (κ3) is 4.78. The molecule has 0 saturated carbocycles. The summed E-state index contributed by atoms with van der Waals surface area (Å²) < 4.78 is 28.1. The van der Waals surface area contributed by atoms with Gasteiger partial charge in [0.25, 0.3) is 0 Å². The van der Waals surface area contributed by atoms with Gasteiger partial charge in [-0.1, -0.05) is 19.8 Å². The molecule has 134 valence electrons. The van der Waals surface area contributed by atoms with Crippen molar-refractivity contribution in [2.24, 2.45) is 0 Å². The van der Waals surface area contributed by atoms with Gasteiger partial charge in [-0.25, -0.2) is 4.79 Å². The maximum atomic E-state index is 12.7. The van der Waals surface area contributed by atoms with Gasteiger partial charge in [0.05, 0.1) is 0 Å². The molecule has 1 saturated heterocycles. The third-order valence-electron chi connectivity index (χ3n) is 3.69. The Balaban J connectivity index is 3.17. The van der Waals surface area contributed by atoms with Crippen molar-refractivity contribution in [3.05, 3.63) is 0 Å². The van der Waals surface area contributed by atoms with Gasteiger partial charge in [-0.3, -0.25) is 14.3 Å². The fourth-order valence-electron chi connectivity index (χ4n) is 2.64. The van der Waals surface area contributed by atoms with Crippen LogP contribution < -0.4 is 0 Å². The molecule has 23 heavy (non-hydrogen) atoms. The molecule has 0 unspecified atom stereocenters. The van der Waals surface area contributed by atoms with Crippen LogP contribution in [-0.4, -0.2) is 48.4 Å². The van der Waals surface area contributed by atoms with Crippen LogP contribution in [0.1, 0.15) is 53.4 Å². The number of carbonyl (C=O) groups is 2. The normalized spacial score (nSPS) is 22.5. The molecule has 1 aliphatic heterocycles. The van der Waals surface area contributed by atoms with E-state index in [9.17, 15) is 14.2 Å². The lowest BCUT2D eigenvalue weighted by Crippen LogP contribution is -2.45. The highest BCUT2D eigenvalue weighted by atomic mass is 31.2. The molecule has 0 radical (unpaired) electrons. The van der Waals surface area contributed by atoms with Crippen molar-refractivity contribution in [2.45, 2.75) is 70.8 Å². The fraction of sp³-hybridized carbons (Fsp3) is 0.867. The number of carbonyl (C=O) groups excluding carboxylic acids is 2. The summed E-state index contributed by atoms with van der Waals surface area (Å²) in [5.74, 6) is -1.56. The average molecular weight is 349 g/mol. The van der Waals surface area contributed by atoms with Crippen LogP contribution >= 0.6 is 7.60 Å². The zero-order valence-corrected chi connectivity index (χ0v) is 15.7. The van der Waals surface area contributed by atoms with Crippen LogP contribution in [0, 0.1) is 0 Å². The molecule has 2 atom stereocenters. The van der Waals surface area contributed by atoms with Gasteiger partial charge in [0, 0.05) is 26.7 Å². The maximum absolute atomic E-state index is 12.7. The smallest absolute Gasteiger partial charge is 0.411 e. The summed E-state index contributed by atoms with van der Waals surface area (Å²) in [4.78, 5) is 26.3. The van der Waals surface area contributed by atoms with E-state index in [1.54, 1.807) is 20.8 Å². The first-order chi connectivity index (χ1) is 10.6. The zero-order valence-electron chi connectivity index (χ0n) is 14.8. The van der Waals surface area contributed by atoms with Gasteiger partial charge in [-0.2, -0.15) is 0 Å². The number of nitrogens with zero attached hydrogens (tertiary/aromatic N) is 1. The lowest BCUT2D eigenvalue weighted by atomic mass is 10.1. The Morgan fingerprint density at radius 1 is 1.30 bits per heavy atom. The largest absolute Gasteiger partial charge is 0.444 e. The van der Waals surface area contributed by atoms with Crippen LogP contribution in [0.3, 0.4) is 0 Å². The number of ketones is 1. The number of likely N-dealkylation sites (tertiary alicyclic amines) is 1. The SMILES string of the molecule is CCCC[C@@H]1CC(=O)[C@H](P(=O)(OC)OC)N1C(=O)OC(C)(C)C. The van der Waals surface area contributed by atoms with Crippen LogP contribution in [-0.2, 0) is 23.1 Å². The predicted octanol–water partition coefficient (Wildman–Crippen LogP) is 3.57. The minimum absolute atomic E-state index is 0.140. The van der Waals surface area contributed by atoms with Crippen LogP contribution in [0.4, 0.5) is 4.79 Å². The molecular formula is C15H28NO6P. The number of hydrogen-bond acceptors (Lipinski definition) is 6. The summed E-state index contributed by atoms with van der Waals surface area (Å²) in [7, 11) is -1.33. The first-order valence-electron chi connectivity index (χ1n) is 7.84. The molecule has 0 N–H and O–H groups in total. The quantitative estimate of drug-likeness (QED) is 0.682. The van der Waals surface area contributed by atoms with E-state index in [2.05, 4.69) is 0 Å². The van der Waals surface area contributed by atoms with E-state index in [1.807, 2.05) is 6.92 Å². The Labute approximate surface area is 138 Å². The second-order valence-corrected chi connectivity index (χ2v) is 8.93. The highest BCUT2D eigenvalue weighted by Gasteiger charge is 2.54. The Bertz CT molecular complexity index is 479. The zero-order chi connectivity index (χ0) is 17.8. The van der Waals surface area contributed by atoms with Gasteiger partial charge in [0.1, 0.15) is 5.60 Å². The van der Waals surface area contributed by atoms with E-state index in [4.69, 9.17) is 13.8 Å². The van der Waals surface area contributed by atoms with E-state index in [1.165, 1.54) is 19.1 Å². The summed E-state index contributed by atoms with van der Waals surface area (Å²) in [5, 5.41) is 0. The monoisotopic (exact) mass is 349 g/mol. The molecule has 0 bridgehead atoms. The molecule has 0 aromatic heterocycles. The van der Waals surface area contributed by atoms with Crippen molar-refractivity contribution >= 4 is 19.5 Å². The highest BCUT2D eigenvalue weighted by molar-refractivity contribution is 7.55. The Kier molecular flexibility index (Phi) is 6.81. The molecule has 0 aliphatic carbocycles. The molecule has 1 rings (SSSR count). The number of hydrogen-bond donors (Lipinski definition) is 0. The van der Waals surface area contributed by atoms with Crippen molar-refractivity contribution in [3.8, 4) is 0 Å². The standard InChI is InChI=1S/C15H28NO6P/c1-7-8-9-11-10-12(17)13(23(19,20-5)21-6)16(11)14(18)22-15(2,3)4/h11,13H,7-10H2,1-6H3/t11-,13+/m1/s1. The summed E-state index contributed by atoms with van der Waals surface area (Å²) in [6.45, 7) is 7.25. The van der Waals surface area contributed by atoms with Crippen molar-refractivity contribution in [3.63, 3.8) is 0 Å². The summed E-state index contributed by atoms with van der Waals surface area (Å²) in [5.41, 5.74) is -0.716. The highest BCUT2D eigenvalue weighted by Crippen LogP contribution is 2.56. The van der Waals surface area contributed by atoms with E-state index in [0.717, 1.165) is 12.8 Å². The lowest BCUT2D eigenvalue weighted by molar-refractivity contribution is -0.118. The second-order valence-electron chi connectivity index (χ2n) is 6.63. The van der Waals surface area contributed by atoms with Gasteiger partial charge in [0.15, 0.2) is 11.6 Å². The number of ether oxygens (including phenoxy) is 1. The molecule has 1 heterocycles. The summed E-state index contributed by atoms with van der Waals surface area (Å²) >= 11 is 0. The van der Waals surface area contributed by atoms with Crippen LogP contribution in [0.25, 0.3) is 0 Å². The van der Waals surface area contributed by atoms with Crippen LogP contribution in [0.2, 0.25) is 0 Å².